The largest absolute Gasteiger partial charge is 0.309 e. The minimum Gasteiger partial charge on any atom is -0.309 e. The zero-order valence-corrected chi connectivity index (χ0v) is 9.59. The molecule has 0 bridgehead atoms. The van der Waals surface area contributed by atoms with Crippen LogP contribution in [0.1, 0.15) is 45.9 Å². The maximum atomic E-state index is 3.94. The first-order valence-electron chi connectivity index (χ1n) is 5.22. The van der Waals surface area contributed by atoms with E-state index in [1.807, 2.05) is 6.07 Å². The molecule has 1 rings (SSSR count). The molecule has 0 amide bonds. The standard InChI is InChI=1S/C11H21N3/c1-9(10-5-7-13-14-10)12-8-6-11(2,3)4/h5,7,9,12H,6,8H2,1-4H3,(H,13,14). The number of nitrogens with one attached hydrogen (secondary N) is 2. The summed E-state index contributed by atoms with van der Waals surface area (Å²) in [5.41, 5.74) is 1.56. The molecule has 2 N–H and O–H groups in total. The minimum atomic E-state index is 0.361. The smallest absolute Gasteiger partial charge is 0.0518 e. The molecule has 1 heterocycles. The molecule has 0 fully saturated rings. The average Bonchev–Trinajstić information content (AvgIpc) is 2.53. The molecule has 1 aromatic rings. The van der Waals surface area contributed by atoms with E-state index in [0.717, 1.165) is 12.2 Å². The Labute approximate surface area is 86.3 Å². The van der Waals surface area contributed by atoms with Crippen molar-refractivity contribution in [1.82, 2.24) is 15.5 Å². The van der Waals surface area contributed by atoms with E-state index in [2.05, 4.69) is 43.2 Å². The number of aromatic nitrogens is 2. The lowest BCUT2D eigenvalue weighted by Crippen LogP contribution is -2.23. The Morgan fingerprint density at radius 3 is 2.71 bits per heavy atom. The molecule has 1 unspecified atom stereocenters. The van der Waals surface area contributed by atoms with Gasteiger partial charge in [-0.15, -0.1) is 0 Å². The number of H-pyrrole nitrogens is 1. The van der Waals surface area contributed by atoms with Crippen LogP contribution in [0.25, 0.3) is 0 Å². The lowest BCUT2D eigenvalue weighted by atomic mass is 9.92. The SMILES string of the molecule is CC(NCCC(C)(C)C)c1ccn[nH]1. The Bertz CT molecular complexity index is 246. The van der Waals surface area contributed by atoms with E-state index in [0.29, 0.717) is 11.5 Å². The van der Waals surface area contributed by atoms with Crippen molar-refractivity contribution in [3.8, 4) is 0 Å². The second kappa shape index (κ2) is 4.60. The Morgan fingerprint density at radius 1 is 1.50 bits per heavy atom. The Hall–Kier alpha value is -0.830. The van der Waals surface area contributed by atoms with Gasteiger partial charge in [-0.25, -0.2) is 0 Å². The summed E-state index contributed by atoms with van der Waals surface area (Å²) < 4.78 is 0. The van der Waals surface area contributed by atoms with E-state index in [1.54, 1.807) is 6.20 Å². The number of rotatable bonds is 4. The number of nitrogens with zero attached hydrogens (tertiary/aromatic N) is 1. The third kappa shape index (κ3) is 3.92. The molecule has 0 aromatic carbocycles. The van der Waals surface area contributed by atoms with Gasteiger partial charge in [-0.2, -0.15) is 5.10 Å². The van der Waals surface area contributed by atoms with Crippen molar-refractivity contribution >= 4 is 0 Å². The molecule has 0 aliphatic heterocycles. The van der Waals surface area contributed by atoms with Crippen LogP contribution in [0.2, 0.25) is 0 Å². The Balaban J connectivity index is 2.26. The normalized spacial score (nSPS) is 14.3. The third-order valence-corrected chi connectivity index (χ3v) is 2.31. The summed E-state index contributed by atoms with van der Waals surface area (Å²) in [7, 11) is 0. The highest BCUT2D eigenvalue weighted by Gasteiger charge is 2.11. The van der Waals surface area contributed by atoms with Gasteiger partial charge in [0.05, 0.1) is 5.69 Å². The van der Waals surface area contributed by atoms with Crippen LogP contribution >= 0.6 is 0 Å². The number of hydrogen-bond acceptors (Lipinski definition) is 2. The van der Waals surface area contributed by atoms with E-state index in [9.17, 15) is 0 Å². The first kappa shape index (κ1) is 11.2. The van der Waals surface area contributed by atoms with Crippen LogP contribution in [0.15, 0.2) is 12.3 Å². The summed E-state index contributed by atoms with van der Waals surface area (Å²) >= 11 is 0. The van der Waals surface area contributed by atoms with Gasteiger partial charge in [0.1, 0.15) is 0 Å². The van der Waals surface area contributed by atoms with E-state index in [1.165, 1.54) is 6.42 Å². The van der Waals surface area contributed by atoms with Gasteiger partial charge in [-0.3, -0.25) is 5.10 Å². The van der Waals surface area contributed by atoms with Crippen molar-refractivity contribution in [2.24, 2.45) is 5.41 Å². The molecule has 1 atom stereocenters. The molecule has 0 aliphatic rings. The summed E-state index contributed by atoms with van der Waals surface area (Å²) in [6, 6.07) is 2.37. The molecule has 3 nitrogen and oxygen atoms in total. The predicted octanol–water partition coefficient (Wildman–Crippen LogP) is 2.50. The molecule has 0 radical (unpaired) electrons. The quantitative estimate of drug-likeness (QED) is 0.775. The van der Waals surface area contributed by atoms with Crippen LogP contribution in [0.5, 0.6) is 0 Å². The number of hydrogen-bond donors (Lipinski definition) is 2. The molecule has 0 saturated carbocycles. The van der Waals surface area contributed by atoms with Crippen molar-refractivity contribution in [1.29, 1.82) is 0 Å². The van der Waals surface area contributed by atoms with Crippen LogP contribution in [0, 0.1) is 5.41 Å². The average molecular weight is 195 g/mol. The summed E-state index contributed by atoms with van der Waals surface area (Å²) in [4.78, 5) is 0. The van der Waals surface area contributed by atoms with Crippen LogP contribution in [-0.2, 0) is 0 Å². The maximum Gasteiger partial charge on any atom is 0.0518 e. The molecular weight excluding hydrogens is 174 g/mol. The van der Waals surface area contributed by atoms with E-state index >= 15 is 0 Å². The molecule has 0 aliphatic carbocycles. The van der Waals surface area contributed by atoms with Crippen molar-refractivity contribution in [3.63, 3.8) is 0 Å². The molecule has 0 spiro atoms. The Morgan fingerprint density at radius 2 is 2.21 bits per heavy atom. The zero-order chi connectivity index (χ0) is 10.6. The van der Waals surface area contributed by atoms with Crippen LogP contribution in [0.3, 0.4) is 0 Å². The fraction of sp³-hybridized carbons (Fsp3) is 0.727. The van der Waals surface area contributed by atoms with E-state index < -0.39 is 0 Å². The van der Waals surface area contributed by atoms with Crippen LogP contribution in [-0.4, -0.2) is 16.7 Å². The van der Waals surface area contributed by atoms with E-state index in [-0.39, 0.29) is 0 Å². The lowest BCUT2D eigenvalue weighted by Gasteiger charge is -2.20. The minimum absolute atomic E-state index is 0.361. The molecule has 14 heavy (non-hydrogen) atoms. The van der Waals surface area contributed by atoms with Gasteiger partial charge in [0.15, 0.2) is 0 Å². The van der Waals surface area contributed by atoms with Gasteiger partial charge in [0.2, 0.25) is 0 Å². The first-order valence-corrected chi connectivity index (χ1v) is 5.22. The van der Waals surface area contributed by atoms with Gasteiger partial charge in [-0.05, 0) is 31.4 Å². The fourth-order valence-electron chi connectivity index (χ4n) is 1.28. The molecular formula is C11H21N3. The zero-order valence-electron chi connectivity index (χ0n) is 9.59. The van der Waals surface area contributed by atoms with Gasteiger partial charge in [0.25, 0.3) is 0 Å². The molecule has 80 valence electrons. The Kier molecular flexibility index (Phi) is 3.69. The fourth-order valence-corrected chi connectivity index (χ4v) is 1.28. The van der Waals surface area contributed by atoms with Gasteiger partial charge in [0, 0.05) is 12.2 Å². The van der Waals surface area contributed by atoms with Crippen LogP contribution < -0.4 is 5.32 Å². The summed E-state index contributed by atoms with van der Waals surface area (Å²) in [6.45, 7) is 9.97. The topological polar surface area (TPSA) is 40.7 Å². The maximum absolute atomic E-state index is 3.94. The first-order chi connectivity index (χ1) is 6.49. The number of aromatic amines is 1. The van der Waals surface area contributed by atoms with E-state index in [4.69, 9.17) is 0 Å². The highest BCUT2D eigenvalue weighted by molar-refractivity contribution is 5.02. The molecule has 0 saturated heterocycles. The van der Waals surface area contributed by atoms with Crippen molar-refractivity contribution in [2.45, 2.75) is 40.2 Å². The third-order valence-electron chi connectivity index (χ3n) is 2.31. The summed E-state index contributed by atoms with van der Waals surface area (Å²) in [5.74, 6) is 0. The lowest BCUT2D eigenvalue weighted by molar-refractivity contribution is 0.357. The van der Waals surface area contributed by atoms with Crippen molar-refractivity contribution in [3.05, 3.63) is 18.0 Å². The van der Waals surface area contributed by atoms with Crippen molar-refractivity contribution < 1.29 is 0 Å². The van der Waals surface area contributed by atoms with Gasteiger partial charge >= 0.3 is 0 Å². The van der Waals surface area contributed by atoms with Gasteiger partial charge in [-0.1, -0.05) is 20.8 Å². The summed E-state index contributed by atoms with van der Waals surface area (Å²) in [6.07, 6.45) is 2.97. The highest BCUT2D eigenvalue weighted by atomic mass is 15.1. The monoisotopic (exact) mass is 195 g/mol. The molecule has 3 heteroatoms. The predicted molar refractivity (Wildman–Crippen MR) is 59.1 cm³/mol. The van der Waals surface area contributed by atoms with Crippen molar-refractivity contribution in [2.75, 3.05) is 6.54 Å². The second-order valence-corrected chi connectivity index (χ2v) is 5.00. The molecule has 1 aromatic heterocycles. The second-order valence-electron chi connectivity index (χ2n) is 5.00. The highest BCUT2D eigenvalue weighted by Crippen LogP contribution is 2.18. The van der Waals surface area contributed by atoms with Gasteiger partial charge < -0.3 is 5.32 Å². The summed E-state index contributed by atoms with van der Waals surface area (Å²) in [5, 5.41) is 10.4. The van der Waals surface area contributed by atoms with Crippen LogP contribution in [0.4, 0.5) is 0 Å².